The molecule has 0 radical (unpaired) electrons. The van der Waals surface area contributed by atoms with Crippen LogP contribution in [0.25, 0.3) is 0 Å². The third kappa shape index (κ3) is 4.82. The van der Waals surface area contributed by atoms with Crippen molar-refractivity contribution in [2.75, 3.05) is 25.0 Å². The number of rotatable bonds is 5. The Morgan fingerprint density at radius 3 is 2.95 bits per heavy atom. The van der Waals surface area contributed by atoms with Crippen LogP contribution >= 0.6 is 12.4 Å². The summed E-state index contributed by atoms with van der Waals surface area (Å²) in [7, 11) is 0. The van der Waals surface area contributed by atoms with E-state index in [0.717, 1.165) is 19.4 Å². The second-order valence-corrected chi connectivity index (χ2v) is 4.47. The van der Waals surface area contributed by atoms with Crippen LogP contribution < -0.4 is 10.6 Å². The van der Waals surface area contributed by atoms with Crippen molar-refractivity contribution in [1.82, 2.24) is 5.32 Å². The maximum Gasteiger partial charge on any atom is 0.238 e. The van der Waals surface area contributed by atoms with Crippen molar-refractivity contribution in [2.45, 2.75) is 18.9 Å². The van der Waals surface area contributed by atoms with Crippen molar-refractivity contribution in [3.05, 3.63) is 29.8 Å². The number of para-hydroxylation sites is 1. The normalized spacial score (nSPS) is 17.1. The molecule has 0 bridgehead atoms. The first kappa shape index (κ1) is 16.4. The highest BCUT2D eigenvalue weighted by molar-refractivity contribution is 5.93. The van der Waals surface area contributed by atoms with E-state index in [0.29, 0.717) is 17.8 Å². The molecular weight excluding hydrogens is 278 g/mol. The van der Waals surface area contributed by atoms with Gasteiger partial charge in [0.1, 0.15) is 6.07 Å². The van der Waals surface area contributed by atoms with E-state index in [1.807, 2.05) is 6.07 Å². The van der Waals surface area contributed by atoms with Crippen LogP contribution in [0, 0.1) is 11.3 Å². The number of anilines is 1. The minimum absolute atomic E-state index is 0. The predicted octanol–water partition coefficient (Wildman–Crippen LogP) is 1.69. The summed E-state index contributed by atoms with van der Waals surface area (Å²) in [5.74, 6) is -0.152. The van der Waals surface area contributed by atoms with E-state index >= 15 is 0 Å². The van der Waals surface area contributed by atoms with Crippen LogP contribution in [0.5, 0.6) is 0 Å². The molecule has 1 amide bonds. The van der Waals surface area contributed by atoms with Crippen LogP contribution in [0.4, 0.5) is 5.69 Å². The van der Waals surface area contributed by atoms with Crippen LogP contribution in [-0.4, -0.2) is 31.7 Å². The number of carbonyl (C=O) groups is 1. The fraction of sp³-hybridized carbons (Fsp3) is 0.429. The Kier molecular flexibility index (Phi) is 7.02. The molecule has 0 saturated carbocycles. The molecule has 0 spiro atoms. The number of amides is 1. The maximum atomic E-state index is 11.7. The van der Waals surface area contributed by atoms with Gasteiger partial charge in [-0.2, -0.15) is 5.26 Å². The molecule has 108 valence electrons. The van der Waals surface area contributed by atoms with Crippen LogP contribution in [0.2, 0.25) is 0 Å². The zero-order valence-electron chi connectivity index (χ0n) is 11.1. The van der Waals surface area contributed by atoms with Gasteiger partial charge in [0.2, 0.25) is 5.91 Å². The summed E-state index contributed by atoms with van der Waals surface area (Å²) in [6.45, 7) is 1.72. The van der Waals surface area contributed by atoms with E-state index in [1.165, 1.54) is 0 Å². The minimum atomic E-state index is -0.152. The van der Waals surface area contributed by atoms with Crippen molar-refractivity contribution >= 4 is 24.0 Å². The largest absolute Gasteiger partial charge is 0.377 e. The standard InChI is InChI=1S/C14H17N3O2.ClH/c15-8-11-4-1-2-6-13(11)17-14(18)10-16-9-12-5-3-7-19-12;/h1-2,4,6,12,16H,3,5,7,9-10H2,(H,17,18);1H. The summed E-state index contributed by atoms with van der Waals surface area (Å²) < 4.78 is 5.45. The Balaban J connectivity index is 0.00000200. The van der Waals surface area contributed by atoms with Crippen molar-refractivity contribution < 1.29 is 9.53 Å². The lowest BCUT2D eigenvalue weighted by atomic mass is 10.2. The fourth-order valence-electron chi connectivity index (χ4n) is 2.04. The molecule has 1 unspecified atom stereocenters. The Labute approximate surface area is 124 Å². The molecule has 1 fully saturated rings. The van der Waals surface area contributed by atoms with Gasteiger partial charge in [-0.05, 0) is 25.0 Å². The zero-order valence-corrected chi connectivity index (χ0v) is 11.9. The molecule has 5 nitrogen and oxygen atoms in total. The molecule has 1 aliphatic rings. The van der Waals surface area contributed by atoms with Gasteiger partial charge in [0.15, 0.2) is 0 Å². The molecule has 0 aromatic heterocycles. The molecule has 1 aromatic rings. The molecule has 20 heavy (non-hydrogen) atoms. The summed E-state index contributed by atoms with van der Waals surface area (Å²) >= 11 is 0. The lowest BCUT2D eigenvalue weighted by Crippen LogP contribution is -2.33. The summed E-state index contributed by atoms with van der Waals surface area (Å²) in [6.07, 6.45) is 2.36. The van der Waals surface area contributed by atoms with Crippen molar-refractivity contribution in [2.24, 2.45) is 0 Å². The number of nitrogens with zero attached hydrogens (tertiary/aromatic N) is 1. The fourth-order valence-corrected chi connectivity index (χ4v) is 2.04. The first-order valence-electron chi connectivity index (χ1n) is 6.41. The van der Waals surface area contributed by atoms with Gasteiger partial charge in [-0.15, -0.1) is 12.4 Å². The van der Waals surface area contributed by atoms with Gasteiger partial charge in [0.25, 0.3) is 0 Å². The lowest BCUT2D eigenvalue weighted by molar-refractivity contribution is -0.115. The number of hydrogen-bond acceptors (Lipinski definition) is 4. The van der Waals surface area contributed by atoms with Gasteiger partial charge in [-0.1, -0.05) is 12.1 Å². The highest BCUT2D eigenvalue weighted by Gasteiger charge is 2.15. The Morgan fingerprint density at radius 2 is 2.25 bits per heavy atom. The third-order valence-electron chi connectivity index (χ3n) is 3.00. The smallest absolute Gasteiger partial charge is 0.238 e. The highest BCUT2D eigenvalue weighted by Crippen LogP contribution is 2.13. The topological polar surface area (TPSA) is 74.2 Å². The average molecular weight is 296 g/mol. The van der Waals surface area contributed by atoms with E-state index in [9.17, 15) is 4.79 Å². The average Bonchev–Trinajstić information content (AvgIpc) is 2.92. The van der Waals surface area contributed by atoms with Crippen LogP contribution in [0.15, 0.2) is 24.3 Å². The van der Waals surface area contributed by atoms with Gasteiger partial charge in [-0.25, -0.2) is 0 Å². The van der Waals surface area contributed by atoms with E-state index in [-0.39, 0.29) is 31.0 Å². The van der Waals surface area contributed by atoms with E-state index in [2.05, 4.69) is 10.6 Å². The SMILES string of the molecule is Cl.N#Cc1ccccc1NC(=O)CNCC1CCCO1. The first-order chi connectivity index (χ1) is 9.29. The minimum Gasteiger partial charge on any atom is -0.377 e. The van der Waals surface area contributed by atoms with Crippen LogP contribution in [0.1, 0.15) is 18.4 Å². The number of hydrogen-bond donors (Lipinski definition) is 2. The lowest BCUT2D eigenvalue weighted by Gasteiger charge is -2.11. The summed E-state index contributed by atoms with van der Waals surface area (Å²) in [6, 6.07) is 9.00. The van der Waals surface area contributed by atoms with Crippen molar-refractivity contribution in [3.63, 3.8) is 0 Å². The Bertz CT molecular complexity index is 482. The zero-order chi connectivity index (χ0) is 13.5. The highest BCUT2D eigenvalue weighted by atomic mass is 35.5. The second kappa shape index (κ2) is 8.54. The van der Waals surface area contributed by atoms with E-state index in [1.54, 1.807) is 24.3 Å². The Morgan fingerprint density at radius 1 is 1.45 bits per heavy atom. The molecule has 1 heterocycles. The molecule has 1 saturated heterocycles. The molecule has 1 atom stereocenters. The maximum absolute atomic E-state index is 11.7. The molecule has 0 aliphatic carbocycles. The number of ether oxygens (including phenoxy) is 1. The quantitative estimate of drug-likeness (QED) is 0.867. The van der Waals surface area contributed by atoms with Gasteiger partial charge in [-0.3, -0.25) is 4.79 Å². The first-order valence-corrected chi connectivity index (χ1v) is 6.41. The molecule has 2 rings (SSSR count). The second-order valence-electron chi connectivity index (χ2n) is 4.47. The predicted molar refractivity (Wildman–Crippen MR) is 78.9 cm³/mol. The molecule has 6 heteroatoms. The van der Waals surface area contributed by atoms with Gasteiger partial charge in [0.05, 0.1) is 23.9 Å². The van der Waals surface area contributed by atoms with E-state index in [4.69, 9.17) is 10.00 Å². The number of carbonyl (C=O) groups excluding carboxylic acids is 1. The molecule has 2 N–H and O–H groups in total. The summed E-state index contributed by atoms with van der Waals surface area (Å²) in [4.78, 5) is 11.7. The number of nitrogens with one attached hydrogen (secondary N) is 2. The Hall–Kier alpha value is -1.61. The third-order valence-corrected chi connectivity index (χ3v) is 3.00. The van der Waals surface area contributed by atoms with Crippen molar-refractivity contribution in [1.29, 1.82) is 5.26 Å². The van der Waals surface area contributed by atoms with E-state index < -0.39 is 0 Å². The van der Waals surface area contributed by atoms with Crippen molar-refractivity contribution in [3.8, 4) is 6.07 Å². The monoisotopic (exact) mass is 295 g/mol. The van der Waals surface area contributed by atoms with Gasteiger partial charge >= 0.3 is 0 Å². The summed E-state index contributed by atoms with van der Waals surface area (Å²) in [5, 5.41) is 14.7. The van der Waals surface area contributed by atoms with Crippen LogP contribution in [-0.2, 0) is 9.53 Å². The van der Waals surface area contributed by atoms with Gasteiger partial charge in [0, 0.05) is 13.2 Å². The molecule has 1 aliphatic heterocycles. The number of nitriles is 1. The molecular formula is C14H18ClN3O2. The molecule has 1 aromatic carbocycles. The number of halogens is 1. The van der Waals surface area contributed by atoms with Crippen LogP contribution in [0.3, 0.4) is 0 Å². The van der Waals surface area contributed by atoms with Gasteiger partial charge < -0.3 is 15.4 Å². The summed E-state index contributed by atoms with van der Waals surface area (Å²) in [5.41, 5.74) is 1.02. The number of benzene rings is 1.